The van der Waals surface area contributed by atoms with Gasteiger partial charge in [-0.3, -0.25) is 13.9 Å². The molecule has 0 fully saturated rings. The van der Waals surface area contributed by atoms with Crippen molar-refractivity contribution >= 4 is 11.0 Å². The van der Waals surface area contributed by atoms with E-state index in [1.807, 2.05) is 0 Å². The van der Waals surface area contributed by atoms with Crippen molar-refractivity contribution in [2.75, 3.05) is 0 Å². The Hall–Kier alpha value is -1.98. The predicted octanol–water partition coefficient (Wildman–Crippen LogP) is -0.719. The average Bonchev–Trinajstić information content (AvgIpc) is 2.47. The van der Waals surface area contributed by atoms with Crippen LogP contribution in [-0.2, 0) is 21.1 Å². The Morgan fingerprint density at radius 2 is 1.73 bits per heavy atom. The van der Waals surface area contributed by atoms with Crippen LogP contribution >= 0.6 is 0 Å². The molecule has 2 aromatic rings. The van der Waals surface area contributed by atoms with E-state index in [9.17, 15) is 14.7 Å². The summed E-state index contributed by atoms with van der Waals surface area (Å²) in [6, 6.07) is 0. The highest BCUT2D eigenvalue weighted by molar-refractivity contribution is 5.82. The number of aromatic nitrogens is 3. The van der Waals surface area contributed by atoms with Crippen LogP contribution in [0.3, 0.4) is 0 Å². The van der Waals surface area contributed by atoms with Gasteiger partial charge in [-0.05, 0) is 0 Å². The Kier molecular flexibility index (Phi) is 1.76. The molecular weight excluding hydrogens is 198 g/mol. The van der Waals surface area contributed by atoms with E-state index in [1.54, 1.807) is 18.7 Å². The van der Waals surface area contributed by atoms with Gasteiger partial charge >= 0.3 is 5.69 Å². The molecule has 6 nitrogen and oxygen atoms in total. The molecule has 2 rings (SSSR count). The van der Waals surface area contributed by atoms with E-state index in [4.69, 9.17) is 0 Å². The van der Waals surface area contributed by atoms with E-state index >= 15 is 0 Å². The zero-order valence-electron chi connectivity index (χ0n) is 8.68. The van der Waals surface area contributed by atoms with Crippen molar-refractivity contribution in [1.29, 1.82) is 0 Å². The molecule has 0 bridgehead atoms. The lowest BCUT2D eigenvalue weighted by Crippen LogP contribution is -2.37. The summed E-state index contributed by atoms with van der Waals surface area (Å²) < 4.78 is 3.85. The molecule has 15 heavy (non-hydrogen) atoms. The summed E-state index contributed by atoms with van der Waals surface area (Å²) in [7, 11) is 4.61. The van der Waals surface area contributed by atoms with Gasteiger partial charge in [0, 0.05) is 27.3 Å². The molecule has 0 spiro atoms. The molecule has 2 aromatic heterocycles. The van der Waals surface area contributed by atoms with Crippen LogP contribution in [0.2, 0.25) is 0 Å². The third-order valence-electron chi connectivity index (χ3n) is 2.54. The fraction of sp³-hybridized carbons (Fsp3) is 0.333. The Morgan fingerprint density at radius 1 is 1.13 bits per heavy atom. The summed E-state index contributed by atoms with van der Waals surface area (Å²) in [4.78, 5) is 23.3. The van der Waals surface area contributed by atoms with Crippen LogP contribution in [0.4, 0.5) is 0 Å². The van der Waals surface area contributed by atoms with E-state index in [-0.39, 0.29) is 11.1 Å². The van der Waals surface area contributed by atoms with Gasteiger partial charge in [0.2, 0.25) is 0 Å². The molecule has 0 saturated carbocycles. The lowest BCUT2D eigenvalue weighted by Gasteiger charge is -2.05. The van der Waals surface area contributed by atoms with E-state index in [0.29, 0.717) is 5.65 Å². The minimum absolute atomic E-state index is 0.108. The van der Waals surface area contributed by atoms with Crippen LogP contribution < -0.4 is 11.2 Å². The predicted molar refractivity (Wildman–Crippen MR) is 55.1 cm³/mol. The molecule has 0 aliphatic heterocycles. The standard InChI is InChI=1S/C9H11N3O3/c1-10-4-5(13)6-7(10)11(2)9(15)12(3)8(6)14/h4,13H,1-3H3. The van der Waals surface area contributed by atoms with Gasteiger partial charge in [-0.2, -0.15) is 0 Å². The average molecular weight is 209 g/mol. The first kappa shape index (κ1) is 9.57. The first-order chi connectivity index (χ1) is 6.95. The zero-order chi connectivity index (χ0) is 11.3. The first-order valence-electron chi connectivity index (χ1n) is 4.39. The molecule has 80 valence electrons. The summed E-state index contributed by atoms with van der Waals surface area (Å²) in [5.74, 6) is -0.108. The minimum atomic E-state index is -0.480. The largest absolute Gasteiger partial charge is 0.505 e. The maximum atomic E-state index is 11.7. The summed E-state index contributed by atoms with van der Waals surface area (Å²) in [6.45, 7) is 0. The lowest BCUT2D eigenvalue weighted by atomic mass is 10.4. The number of hydrogen-bond donors (Lipinski definition) is 1. The van der Waals surface area contributed by atoms with Crippen molar-refractivity contribution in [1.82, 2.24) is 13.7 Å². The maximum Gasteiger partial charge on any atom is 0.332 e. The minimum Gasteiger partial charge on any atom is -0.505 e. The highest BCUT2D eigenvalue weighted by Crippen LogP contribution is 2.20. The van der Waals surface area contributed by atoms with Crippen molar-refractivity contribution in [3.8, 4) is 5.75 Å². The first-order valence-corrected chi connectivity index (χ1v) is 4.39. The summed E-state index contributed by atoms with van der Waals surface area (Å²) >= 11 is 0. The normalized spacial score (nSPS) is 11.1. The SMILES string of the molecule is Cn1c(=O)c2c(O)cn(C)c2n(C)c1=O. The maximum absolute atomic E-state index is 11.7. The lowest BCUT2D eigenvalue weighted by molar-refractivity contribution is 0.479. The molecule has 0 unspecified atom stereocenters. The fourth-order valence-electron chi connectivity index (χ4n) is 1.78. The Balaban J connectivity index is 3.26. The smallest absolute Gasteiger partial charge is 0.332 e. The highest BCUT2D eigenvalue weighted by atomic mass is 16.3. The molecule has 0 radical (unpaired) electrons. The van der Waals surface area contributed by atoms with Crippen molar-refractivity contribution in [3.05, 3.63) is 27.0 Å². The molecule has 1 N–H and O–H groups in total. The van der Waals surface area contributed by atoms with Gasteiger partial charge in [0.15, 0.2) is 0 Å². The molecule has 0 saturated heterocycles. The topological polar surface area (TPSA) is 69.2 Å². The van der Waals surface area contributed by atoms with Gasteiger partial charge in [-0.1, -0.05) is 0 Å². The molecular formula is C9H11N3O3. The van der Waals surface area contributed by atoms with Crippen molar-refractivity contribution in [2.24, 2.45) is 21.1 Å². The third-order valence-corrected chi connectivity index (χ3v) is 2.54. The van der Waals surface area contributed by atoms with Crippen LogP contribution in [0.15, 0.2) is 15.8 Å². The molecule has 2 heterocycles. The number of nitrogens with zero attached hydrogens (tertiary/aromatic N) is 3. The molecule has 0 amide bonds. The Morgan fingerprint density at radius 3 is 2.33 bits per heavy atom. The van der Waals surface area contributed by atoms with Crippen LogP contribution in [-0.4, -0.2) is 18.8 Å². The zero-order valence-corrected chi connectivity index (χ0v) is 8.68. The summed E-state index contributed by atoms with van der Waals surface area (Å²) in [5, 5.41) is 9.73. The molecule has 0 aliphatic carbocycles. The third kappa shape index (κ3) is 1.04. The molecule has 0 aromatic carbocycles. The molecule has 0 atom stereocenters. The van der Waals surface area contributed by atoms with Crippen molar-refractivity contribution < 1.29 is 5.11 Å². The second-order valence-corrected chi connectivity index (χ2v) is 3.53. The van der Waals surface area contributed by atoms with Gasteiger partial charge < -0.3 is 9.67 Å². The number of aryl methyl sites for hydroxylation is 2. The van der Waals surface area contributed by atoms with Crippen LogP contribution in [0.25, 0.3) is 11.0 Å². The van der Waals surface area contributed by atoms with Crippen LogP contribution in [0, 0.1) is 0 Å². The van der Waals surface area contributed by atoms with Gasteiger partial charge in [0.05, 0.1) is 0 Å². The fourth-order valence-corrected chi connectivity index (χ4v) is 1.78. The molecule has 0 aliphatic rings. The second-order valence-electron chi connectivity index (χ2n) is 3.53. The number of fused-ring (bicyclic) bond motifs is 1. The van der Waals surface area contributed by atoms with E-state index in [2.05, 4.69) is 0 Å². The van der Waals surface area contributed by atoms with Crippen LogP contribution in [0.5, 0.6) is 5.75 Å². The molecule has 6 heteroatoms. The van der Waals surface area contributed by atoms with Crippen molar-refractivity contribution in [2.45, 2.75) is 0 Å². The monoisotopic (exact) mass is 209 g/mol. The summed E-state index contributed by atoms with van der Waals surface area (Å²) in [5.41, 5.74) is -0.472. The van der Waals surface area contributed by atoms with Gasteiger partial charge in [0.1, 0.15) is 16.8 Å². The van der Waals surface area contributed by atoms with Crippen LogP contribution in [0.1, 0.15) is 0 Å². The quantitative estimate of drug-likeness (QED) is 0.622. The Labute approximate surface area is 84.6 Å². The second kappa shape index (κ2) is 2.75. The van der Waals surface area contributed by atoms with E-state index < -0.39 is 11.2 Å². The van der Waals surface area contributed by atoms with Gasteiger partial charge in [-0.15, -0.1) is 0 Å². The van der Waals surface area contributed by atoms with Gasteiger partial charge in [0.25, 0.3) is 5.56 Å². The van der Waals surface area contributed by atoms with E-state index in [0.717, 1.165) is 4.57 Å². The van der Waals surface area contributed by atoms with Gasteiger partial charge in [-0.25, -0.2) is 4.79 Å². The number of aromatic hydroxyl groups is 1. The number of rotatable bonds is 0. The summed E-state index contributed by atoms with van der Waals surface area (Å²) in [6.07, 6.45) is 1.41. The Bertz CT molecular complexity index is 660. The number of hydrogen-bond acceptors (Lipinski definition) is 3. The highest BCUT2D eigenvalue weighted by Gasteiger charge is 2.15. The van der Waals surface area contributed by atoms with E-state index in [1.165, 1.54) is 17.8 Å². The van der Waals surface area contributed by atoms with Crippen molar-refractivity contribution in [3.63, 3.8) is 0 Å².